The Labute approximate surface area is 178 Å². The van der Waals surface area contributed by atoms with Crippen molar-refractivity contribution in [3.05, 3.63) is 59.4 Å². The Morgan fingerprint density at radius 1 is 1.20 bits per heavy atom. The molecule has 0 saturated carbocycles. The third-order valence-corrected chi connectivity index (χ3v) is 5.47. The molecule has 2 aromatic carbocycles. The number of hydrogen-bond donors (Lipinski definition) is 1. The summed E-state index contributed by atoms with van der Waals surface area (Å²) in [5.41, 5.74) is 2.12. The minimum absolute atomic E-state index is 0.0207. The predicted molar refractivity (Wildman–Crippen MR) is 115 cm³/mol. The number of nitrogens with one attached hydrogen (secondary N) is 1. The molecule has 0 unspecified atom stereocenters. The summed E-state index contributed by atoms with van der Waals surface area (Å²) in [6, 6.07) is 13.1. The fraction of sp³-hybridized carbons (Fsp3) is 0.458. The smallest absolute Gasteiger partial charge is 0.258 e. The van der Waals surface area contributed by atoms with E-state index in [1.54, 1.807) is 6.07 Å². The van der Waals surface area contributed by atoms with Gasteiger partial charge in [0, 0.05) is 25.7 Å². The van der Waals surface area contributed by atoms with E-state index >= 15 is 0 Å². The van der Waals surface area contributed by atoms with Crippen molar-refractivity contribution in [3.8, 4) is 11.5 Å². The number of ether oxygens (including phenoxy) is 2. The fourth-order valence-electron chi connectivity index (χ4n) is 3.68. The van der Waals surface area contributed by atoms with Crippen molar-refractivity contribution in [3.63, 3.8) is 0 Å². The maximum absolute atomic E-state index is 13.9. The first-order valence-electron chi connectivity index (χ1n) is 10.5. The van der Waals surface area contributed by atoms with Crippen LogP contribution < -0.4 is 14.8 Å². The number of halogens is 1. The van der Waals surface area contributed by atoms with Crippen LogP contribution >= 0.6 is 0 Å². The van der Waals surface area contributed by atoms with Gasteiger partial charge in [0.1, 0.15) is 5.75 Å². The number of nitrogens with zero attached hydrogens (tertiary/aromatic N) is 1. The van der Waals surface area contributed by atoms with Gasteiger partial charge < -0.3 is 14.8 Å². The van der Waals surface area contributed by atoms with Crippen molar-refractivity contribution >= 4 is 5.91 Å². The first kappa shape index (κ1) is 22.1. The average Bonchev–Trinajstić information content (AvgIpc) is 2.74. The molecule has 1 heterocycles. The van der Waals surface area contributed by atoms with Gasteiger partial charge in [-0.2, -0.15) is 0 Å². The zero-order chi connectivity index (χ0) is 21.5. The largest absolute Gasteiger partial charge is 0.494 e. The monoisotopic (exact) mass is 414 g/mol. The van der Waals surface area contributed by atoms with Gasteiger partial charge in [-0.25, -0.2) is 4.39 Å². The Morgan fingerprint density at radius 2 is 1.97 bits per heavy atom. The zero-order valence-corrected chi connectivity index (χ0v) is 18.0. The van der Waals surface area contributed by atoms with Gasteiger partial charge in [-0.15, -0.1) is 0 Å². The molecule has 2 aromatic rings. The maximum Gasteiger partial charge on any atom is 0.258 e. The van der Waals surface area contributed by atoms with E-state index in [1.807, 2.05) is 24.3 Å². The van der Waals surface area contributed by atoms with Crippen molar-refractivity contribution in [2.24, 2.45) is 0 Å². The minimum Gasteiger partial charge on any atom is -0.494 e. The van der Waals surface area contributed by atoms with Gasteiger partial charge in [0.05, 0.1) is 7.11 Å². The molecule has 0 radical (unpaired) electrons. The molecule has 1 saturated heterocycles. The molecule has 0 bridgehead atoms. The van der Waals surface area contributed by atoms with Crippen LogP contribution in [0.1, 0.15) is 43.7 Å². The van der Waals surface area contributed by atoms with Crippen LogP contribution in [0.25, 0.3) is 0 Å². The van der Waals surface area contributed by atoms with Crippen LogP contribution in [0.3, 0.4) is 0 Å². The van der Waals surface area contributed by atoms with Crippen LogP contribution in [0.4, 0.5) is 4.39 Å². The van der Waals surface area contributed by atoms with E-state index in [4.69, 9.17) is 9.47 Å². The molecule has 1 N–H and O–H groups in total. The Kier molecular flexibility index (Phi) is 7.69. The SMILES string of the molecule is COc1ccc(CN2CCC(NC(=O)COc3cccc(C(C)C)c3)CC2)cc1F. The topological polar surface area (TPSA) is 50.8 Å². The molecule has 1 amide bonds. The average molecular weight is 415 g/mol. The molecule has 0 aromatic heterocycles. The lowest BCUT2D eigenvalue weighted by molar-refractivity contribution is -0.124. The molecule has 162 valence electrons. The van der Waals surface area contributed by atoms with E-state index in [0.29, 0.717) is 12.5 Å². The number of rotatable bonds is 8. The lowest BCUT2D eigenvalue weighted by Gasteiger charge is -2.32. The third kappa shape index (κ3) is 6.20. The Morgan fingerprint density at radius 3 is 2.63 bits per heavy atom. The van der Waals surface area contributed by atoms with Crippen molar-refractivity contribution < 1.29 is 18.7 Å². The second kappa shape index (κ2) is 10.4. The molecule has 30 heavy (non-hydrogen) atoms. The molecule has 1 aliphatic heterocycles. The first-order valence-corrected chi connectivity index (χ1v) is 10.5. The van der Waals surface area contributed by atoms with E-state index in [1.165, 1.54) is 18.7 Å². The van der Waals surface area contributed by atoms with Gasteiger partial charge in [-0.1, -0.05) is 32.0 Å². The number of hydrogen-bond acceptors (Lipinski definition) is 4. The molecule has 6 heteroatoms. The van der Waals surface area contributed by atoms with Crippen LogP contribution in [0, 0.1) is 5.82 Å². The molecular weight excluding hydrogens is 383 g/mol. The second-order valence-electron chi connectivity index (χ2n) is 8.10. The third-order valence-electron chi connectivity index (χ3n) is 5.47. The van der Waals surface area contributed by atoms with Gasteiger partial charge in [0.25, 0.3) is 5.91 Å². The van der Waals surface area contributed by atoms with Crippen LogP contribution in [0.15, 0.2) is 42.5 Å². The molecule has 1 fully saturated rings. The summed E-state index contributed by atoms with van der Waals surface area (Å²) < 4.78 is 24.5. The standard InChI is InChI=1S/C24H31FN2O3/c1-17(2)19-5-4-6-21(14-19)30-16-24(28)26-20-9-11-27(12-10-20)15-18-7-8-23(29-3)22(25)13-18/h4-8,13-14,17,20H,9-12,15-16H2,1-3H3,(H,26,28). The summed E-state index contributed by atoms with van der Waals surface area (Å²) in [6.07, 6.45) is 1.74. The highest BCUT2D eigenvalue weighted by Gasteiger charge is 2.21. The van der Waals surface area contributed by atoms with Crippen LogP contribution in [-0.2, 0) is 11.3 Å². The quantitative estimate of drug-likeness (QED) is 0.706. The van der Waals surface area contributed by atoms with E-state index in [2.05, 4.69) is 30.1 Å². The summed E-state index contributed by atoms with van der Waals surface area (Å²) in [5, 5.41) is 3.07. The van der Waals surface area contributed by atoms with Gasteiger partial charge >= 0.3 is 0 Å². The predicted octanol–water partition coefficient (Wildman–Crippen LogP) is 4.12. The minimum atomic E-state index is -0.337. The van der Waals surface area contributed by atoms with Crippen LogP contribution in [0.5, 0.6) is 11.5 Å². The highest BCUT2D eigenvalue weighted by molar-refractivity contribution is 5.77. The van der Waals surface area contributed by atoms with Gasteiger partial charge in [0.2, 0.25) is 0 Å². The highest BCUT2D eigenvalue weighted by Crippen LogP contribution is 2.21. The van der Waals surface area contributed by atoms with E-state index in [0.717, 1.165) is 37.2 Å². The van der Waals surface area contributed by atoms with Crippen LogP contribution in [-0.4, -0.2) is 43.7 Å². The molecule has 5 nitrogen and oxygen atoms in total. The van der Waals surface area contributed by atoms with Crippen molar-refractivity contribution in [1.82, 2.24) is 10.2 Å². The number of benzene rings is 2. The summed E-state index contributed by atoms with van der Waals surface area (Å²) in [4.78, 5) is 14.5. The number of methoxy groups -OCH3 is 1. The number of carbonyl (C=O) groups is 1. The van der Waals surface area contributed by atoms with Gasteiger partial charge in [0.15, 0.2) is 18.2 Å². The van der Waals surface area contributed by atoms with Crippen molar-refractivity contribution in [1.29, 1.82) is 0 Å². The van der Waals surface area contributed by atoms with E-state index < -0.39 is 0 Å². The normalized spacial score (nSPS) is 15.2. The zero-order valence-electron chi connectivity index (χ0n) is 18.0. The lowest BCUT2D eigenvalue weighted by atomic mass is 10.0. The first-order chi connectivity index (χ1) is 14.4. The molecule has 3 rings (SSSR count). The summed E-state index contributed by atoms with van der Waals surface area (Å²) in [7, 11) is 1.46. The lowest BCUT2D eigenvalue weighted by Crippen LogP contribution is -2.45. The summed E-state index contributed by atoms with van der Waals surface area (Å²) in [6.45, 7) is 6.68. The second-order valence-corrected chi connectivity index (χ2v) is 8.10. The number of carbonyl (C=O) groups excluding carboxylic acids is 1. The highest BCUT2D eigenvalue weighted by atomic mass is 19.1. The molecule has 0 spiro atoms. The molecule has 0 atom stereocenters. The van der Waals surface area contributed by atoms with Crippen molar-refractivity contribution in [2.75, 3.05) is 26.8 Å². The van der Waals surface area contributed by atoms with Crippen LogP contribution in [0.2, 0.25) is 0 Å². The van der Waals surface area contributed by atoms with E-state index in [-0.39, 0.29) is 30.1 Å². The molecular formula is C24H31FN2O3. The summed E-state index contributed by atoms with van der Waals surface area (Å²) >= 11 is 0. The Hall–Kier alpha value is -2.60. The van der Waals surface area contributed by atoms with Gasteiger partial charge in [-0.05, 0) is 54.2 Å². The fourth-order valence-corrected chi connectivity index (χ4v) is 3.68. The number of likely N-dealkylation sites (tertiary alicyclic amines) is 1. The number of amides is 1. The maximum atomic E-state index is 13.9. The van der Waals surface area contributed by atoms with Gasteiger partial charge in [-0.3, -0.25) is 9.69 Å². The van der Waals surface area contributed by atoms with Crippen molar-refractivity contribution in [2.45, 2.75) is 45.2 Å². The number of piperidine rings is 1. The Balaban J connectivity index is 1.40. The van der Waals surface area contributed by atoms with E-state index in [9.17, 15) is 9.18 Å². The Bertz CT molecular complexity index is 848. The summed E-state index contributed by atoms with van der Waals surface area (Å²) in [5.74, 6) is 0.967. The molecule has 0 aliphatic carbocycles. The molecule has 1 aliphatic rings.